The van der Waals surface area contributed by atoms with Crippen LogP contribution in [0.4, 0.5) is 5.82 Å². The standard InChI is InChI=1S/C18H26N4/c1-13-15-8-6-7-9-16(15)17(20-19-13)21(4)12-14-10-11-22(5)18(14,2)3/h6-9,14H,10-12H2,1-5H3. The van der Waals surface area contributed by atoms with E-state index in [1.807, 2.05) is 6.92 Å². The molecule has 3 rings (SSSR count). The Labute approximate surface area is 133 Å². The molecule has 118 valence electrons. The summed E-state index contributed by atoms with van der Waals surface area (Å²) in [6, 6.07) is 8.42. The molecule has 22 heavy (non-hydrogen) atoms. The summed E-state index contributed by atoms with van der Waals surface area (Å²) in [5, 5.41) is 11.2. The number of fused-ring (bicyclic) bond motifs is 1. The molecule has 4 heteroatoms. The Bertz CT molecular complexity index is 680. The highest BCUT2D eigenvalue weighted by Gasteiger charge is 2.39. The summed E-state index contributed by atoms with van der Waals surface area (Å²) in [6.07, 6.45) is 1.24. The van der Waals surface area contributed by atoms with Crippen molar-refractivity contribution in [3.05, 3.63) is 30.0 Å². The van der Waals surface area contributed by atoms with Crippen LogP contribution < -0.4 is 4.90 Å². The number of aryl methyl sites for hydroxylation is 1. The van der Waals surface area contributed by atoms with E-state index in [0.29, 0.717) is 5.92 Å². The Hall–Kier alpha value is -1.68. The predicted octanol–water partition coefficient (Wildman–Crippen LogP) is 3.10. The van der Waals surface area contributed by atoms with Gasteiger partial charge in [0.15, 0.2) is 5.82 Å². The molecule has 0 spiro atoms. The quantitative estimate of drug-likeness (QED) is 0.871. The van der Waals surface area contributed by atoms with Gasteiger partial charge in [-0.05, 0) is 46.7 Å². The van der Waals surface area contributed by atoms with Crippen molar-refractivity contribution in [3.63, 3.8) is 0 Å². The molecule has 0 amide bonds. The summed E-state index contributed by atoms with van der Waals surface area (Å²) in [6.45, 7) is 8.90. The topological polar surface area (TPSA) is 32.3 Å². The van der Waals surface area contributed by atoms with Gasteiger partial charge >= 0.3 is 0 Å². The molecule has 0 bridgehead atoms. The van der Waals surface area contributed by atoms with Crippen molar-refractivity contribution in [2.75, 3.05) is 32.1 Å². The average molecular weight is 298 g/mol. The lowest BCUT2D eigenvalue weighted by Crippen LogP contribution is -2.43. The third-order valence-corrected chi connectivity index (χ3v) is 5.50. The van der Waals surface area contributed by atoms with Gasteiger partial charge in [-0.2, -0.15) is 5.10 Å². The zero-order valence-electron chi connectivity index (χ0n) is 14.3. The van der Waals surface area contributed by atoms with Crippen molar-refractivity contribution >= 4 is 16.6 Å². The van der Waals surface area contributed by atoms with E-state index in [1.165, 1.54) is 23.7 Å². The third kappa shape index (κ3) is 2.45. The summed E-state index contributed by atoms with van der Waals surface area (Å²) in [7, 11) is 4.36. The second-order valence-electron chi connectivity index (χ2n) is 7.10. The van der Waals surface area contributed by atoms with Crippen LogP contribution in [0.5, 0.6) is 0 Å². The molecule has 0 aliphatic carbocycles. The molecular weight excluding hydrogens is 272 g/mol. The largest absolute Gasteiger partial charge is 0.357 e. The normalized spacial score (nSPS) is 21.4. The molecular formula is C18H26N4. The number of aromatic nitrogens is 2. The number of benzene rings is 1. The Kier molecular flexibility index (Phi) is 3.81. The minimum Gasteiger partial charge on any atom is -0.357 e. The molecule has 1 saturated heterocycles. The van der Waals surface area contributed by atoms with Gasteiger partial charge in [0.25, 0.3) is 0 Å². The minimum absolute atomic E-state index is 0.238. The molecule has 0 N–H and O–H groups in total. The molecule has 1 atom stereocenters. The van der Waals surface area contributed by atoms with Crippen LogP contribution in [0.25, 0.3) is 10.8 Å². The Morgan fingerprint density at radius 2 is 1.91 bits per heavy atom. The van der Waals surface area contributed by atoms with Crippen molar-refractivity contribution in [2.24, 2.45) is 5.92 Å². The highest BCUT2D eigenvalue weighted by atomic mass is 15.3. The van der Waals surface area contributed by atoms with Gasteiger partial charge in [0.2, 0.25) is 0 Å². The second kappa shape index (κ2) is 5.51. The molecule has 0 saturated carbocycles. The van der Waals surface area contributed by atoms with Gasteiger partial charge in [0, 0.05) is 29.9 Å². The maximum Gasteiger partial charge on any atom is 0.158 e. The van der Waals surface area contributed by atoms with Crippen LogP contribution in [0, 0.1) is 12.8 Å². The first-order valence-electron chi connectivity index (χ1n) is 8.05. The van der Waals surface area contributed by atoms with E-state index in [4.69, 9.17) is 0 Å². The molecule has 1 unspecified atom stereocenters. The van der Waals surface area contributed by atoms with Crippen molar-refractivity contribution in [2.45, 2.75) is 32.7 Å². The number of hydrogen-bond donors (Lipinski definition) is 0. The van der Waals surface area contributed by atoms with Crippen molar-refractivity contribution in [3.8, 4) is 0 Å². The maximum atomic E-state index is 4.48. The Morgan fingerprint density at radius 3 is 2.55 bits per heavy atom. The van der Waals surface area contributed by atoms with Crippen molar-refractivity contribution < 1.29 is 0 Å². The van der Waals surface area contributed by atoms with Gasteiger partial charge < -0.3 is 9.80 Å². The number of rotatable bonds is 3. The number of nitrogens with zero attached hydrogens (tertiary/aromatic N) is 4. The number of hydrogen-bond acceptors (Lipinski definition) is 4. The summed E-state index contributed by atoms with van der Waals surface area (Å²) in [5.41, 5.74) is 1.23. The fourth-order valence-corrected chi connectivity index (χ4v) is 3.54. The molecule has 1 aromatic carbocycles. The van der Waals surface area contributed by atoms with Crippen LogP contribution in [0.15, 0.2) is 24.3 Å². The molecule has 0 radical (unpaired) electrons. The van der Waals surface area contributed by atoms with E-state index in [1.54, 1.807) is 0 Å². The van der Waals surface area contributed by atoms with E-state index >= 15 is 0 Å². The smallest absolute Gasteiger partial charge is 0.158 e. The first kappa shape index (κ1) is 15.2. The Balaban J connectivity index is 1.90. The zero-order chi connectivity index (χ0) is 15.9. The van der Waals surface area contributed by atoms with Gasteiger partial charge in [-0.25, -0.2) is 0 Å². The minimum atomic E-state index is 0.238. The van der Waals surface area contributed by atoms with Crippen LogP contribution in [-0.4, -0.2) is 47.8 Å². The maximum absolute atomic E-state index is 4.48. The molecule has 2 aromatic rings. The lowest BCUT2D eigenvalue weighted by atomic mass is 9.88. The average Bonchev–Trinajstić information content (AvgIpc) is 2.74. The van der Waals surface area contributed by atoms with E-state index in [-0.39, 0.29) is 5.54 Å². The number of anilines is 1. The molecule has 1 fully saturated rings. The first-order chi connectivity index (χ1) is 10.4. The van der Waals surface area contributed by atoms with Gasteiger partial charge in [0.1, 0.15) is 0 Å². The van der Waals surface area contributed by atoms with Gasteiger partial charge in [-0.1, -0.05) is 24.3 Å². The lowest BCUT2D eigenvalue weighted by Gasteiger charge is -2.35. The summed E-state index contributed by atoms with van der Waals surface area (Å²) >= 11 is 0. The van der Waals surface area contributed by atoms with Crippen LogP contribution in [0.1, 0.15) is 26.0 Å². The van der Waals surface area contributed by atoms with Crippen molar-refractivity contribution in [1.29, 1.82) is 0 Å². The molecule has 2 heterocycles. The highest BCUT2D eigenvalue weighted by Crippen LogP contribution is 2.35. The molecule has 1 aromatic heterocycles. The Morgan fingerprint density at radius 1 is 1.23 bits per heavy atom. The second-order valence-corrected chi connectivity index (χ2v) is 7.10. The lowest BCUT2D eigenvalue weighted by molar-refractivity contribution is 0.174. The highest BCUT2D eigenvalue weighted by molar-refractivity contribution is 5.93. The van der Waals surface area contributed by atoms with Crippen molar-refractivity contribution in [1.82, 2.24) is 15.1 Å². The number of likely N-dealkylation sites (tertiary alicyclic amines) is 1. The van der Waals surface area contributed by atoms with Gasteiger partial charge in [-0.15, -0.1) is 5.10 Å². The van der Waals surface area contributed by atoms with Gasteiger partial charge in [-0.3, -0.25) is 0 Å². The first-order valence-corrected chi connectivity index (χ1v) is 8.05. The monoisotopic (exact) mass is 298 g/mol. The van der Waals surface area contributed by atoms with Gasteiger partial charge in [0.05, 0.1) is 5.69 Å². The summed E-state index contributed by atoms with van der Waals surface area (Å²) in [5.74, 6) is 1.64. The van der Waals surface area contributed by atoms with E-state index in [0.717, 1.165) is 18.1 Å². The van der Waals surface area contributed by atoms with Crippen LogP contribution in [0.2, 0.25) is 0 Å². The third-order valence-electron chi connectivity index (χ3n) is 5.50. The SMILES string of the molecule is Cc1nnc(N(C)CC2CCN(C)C2(C)C)c2ccccc12. The molecule has 1 aliphatic heterocycles. The van der Waals surface area contributed by atoms with E-state index < -0.39 is 0 Å². The van der Waals surface area contributed by atoms with E-state index in [9.17, 15) is 0 Å². The molecule has 1 aliphatic rings. The zero-order valence-corrected chi connectivity index (χ0v) is 14.3. The van der Waals surface area contributed by atoms with Crippen LogP contribution >= 0.6 is 0 Å². The fourth-order valence-electron chi connectivity index (χ4n) is 3.54. The van der Waals surface area contributed by atoms with E-state index in [2.05, 4.69) is 72.2 Å². The van der Waals surface area contributed by atoms with Crippen LogP contribution in [-0.2, 0) is 0 Å². The summed E-state index contributed by atoms with van der Waals surface area (Å²) in [4.78, 5) is 4.74. The molecule has 4 nitrogen and oxygen atoms in total. The fraction of sp³-hybridized carbons (Fsp3) is 0.556. The summed E-state index contributed by atoms with van der Waals surface area (Å²) < 4.78 is 0. The predicted molar refractivity (Wildman–Crippen MR) is 92.4 cm³/mol. The van der Waals surface area contributed by atoms with Crippen LogP contribution in [0.3, 0.4) is 0 Å².